The van der Waals surface area contributed by atoms with Gasteiger partial charge in [-0.15, -0.1) is 11.3 Å². The van der Waals surface area contributed by atoms with Crippen LogP contribution in [-0.2, 0) is 0 Å². The number of rotatable bonds is 4. The summed E-state index contributed by atoms with van der Waals surface area (Å²) in [4.78, 5) is 13.2. The van der Waals surface area contributed by atoms with Gasteiger partial charge in [-0.1, -0.05) is 79.0 Å². The van der Waals surface area contributed by atoms with Gasteiger partial charge >= 0.3 is 5.97 Å². The van der Waals surface area contributed by atoms with Crippen LogP contribution in [-0.4, -0.2) is 5.97 Å². The van der Waals surface area contributed by atoms with Crippen molar-refractivity contribution < 1.29 is 14.3 Å². The third-order valence-corrected chi connectivity index (χ3v) is 8.30. The zero-order valence-corrected chi connectivity index (χ0v) is 22.7. The smallest absolute Gasteiger partial charge is 0.355 e. The number of thiophene rings is 1. The van der Waals surface area contributed by atoms with E-state index >= 15 is 0 Å². The third-order valence-electron chi connectivity index (χ3n) is 6.17. The first kappa shape index (κ1) is 25.4. The fraction of sp³-hybridized carbons (Fsp3) is 0.143. The van der Waals surface area contributed by atoms with E-state index in [-0.39, 0.29) is 21.5 Å². The Morgan fingerprint density at radius 2 is 1.84 bits per heavy atom. The quantitative estimate of drug-likeness (QED) is 0.197. The van der Waals surface area contributed by atoms with Crippen molar-refractivity contribution in [1.82, 2.24) is 0 Å². The highest BCUT2D eigenvalue weighted by Gasteiger charge is 2.31. The average Bonchev–Trinajstić information content (AvgIpc) is 3.19. The van der Waals surface area contributed by atoms with Crippen molar-refractivity contribution in [3.05, 3.63) is 103 Å². The molecule has 9 heteroatoms. The summed E-state index contributed by atoms with van der Waals surface area (Å²) in [5.74, 6) is -0.0254. The lowest BCUT2D eigenvalue weighted by atomic mass is 9.83. The van der Waals surface area contributed by atoms with Gasteiger partial charge in [-0.05, 0) is 35.2 Å². The van der Waals surface area contributed by atoms with Crippen molar-refractivity contribution >= 4 is 62.2 Å². The molecular formula is C28H19Cl3N2O3S. The van der Waals surface area contributed by atoms with Crippen LogP contribution in [0.4, 0.5) is 0 Å². The lowest BCUT2D eigenvalue weighted by Crippen LogP contribution is -2.21. The molecule has 0 spiro atoms. The first-order valence-electron chi connectivity index (χ1n) is 11.3. The minimum atomic E-state index is -0.642. The predicted molar refractivity (Wildman–Crippen MR) is 148 cm³/mol. The molecule has 0 saturated carbocycles. The molecule has 2 heterocycles. The number of halogens is 3. The Morgan fingerprint density at radius 1 is 1.11 bits per heavy atom. The van der Waals surface area contributed by atoms with Crippen molar-refractivity contribution in [2.45, 2.75) is 25.7 Å². The van der Waals surface area contributed by atoms with Crippen LogP contribution in [0.2, 0.25) is 15.1 Å². The van der Waals surface area contributed by atoms with Gasteiger partial charge in [0.25, 0.3) is 0 Å². The van der Waals surface area contributed by atoms with Gasteiger partial charge in [0.15, 0.2) is 0 Å². The summed E-state index contributed by atoms with van der Waals surface area (Å²) >= 11 is 20.0. The Hall–Kier alpha value is -3.21. The number of nitriles is 1. The van der Waals surface area contributed by atoms with Gasteiger partial charge in [-0.25, -0.2) is 4.79 Å². The highest BCUT2D eigenvalue weighted by molar-refractivity contribution is 7.21. The number of hydrogen-bond donors (Lipinski definition) is 1. The van der Waals surface area contributed by atoms with Crippen LogP contribution in [0.5, 0.6) is 11.5 Å². The van der Waals surface area contributed by atoms with E-state index in [0.29, 0.717) is 37.4 Å². The zero-order chi connectivity index (χ0) is 26.4. The molecule has 5 nitrogen and oxygen atoms in total. The van der Waals surface area contributed by atoms with Crippen LogP contribution in [0, 0.1) is 11.3 Å². The summed E-state index contributed by atoms with van der Waals surface area (Å²) in [7, 11) is 0. The summed E-state index contributed by atoms with van der Waals surface area (Å²) in [6.45, 7) is 4.24. The van der Waals surface area contributed by atoms with Crippen molar-refractivity contribution in [3.8, 4) is 17.6 Å². The van der Waals surface area contributed by atoms with Crippen LogP contribution >= 0.6 is 46.1 Å². The zero-order valence-electron chi connectivity index (χ0n) is 19.6. The van der Waals surface area contributed by atoms with Crippen LogP contribution in [0.15, 0.2) is 66.1 Å². The van der Waals surface area contributed by atoms with E-state index < -0.39 is 11.9 Å². The van der Waals surface area contributed by atoms with Crippen LogP contribution in [0.3, 0.4) is 0 Å². The molecule has 4 aromatic rings. The summed E-state index contributed by atoms with van der Waals surface area (Å²) in [6, 6.07) is 18.5. The molecular weight excluding hydrogens is 551 g/mol. The normalized spacial score (nSPS) is 14.9. The van der Waals surface area contributed by atoms with Gasteiger partial charge in [-0.3, -0.25) is 0 Å². The lowest BCUT2D eigenvalue weighted by molar-refractivity contribution is 0.0740. The van der Waals surface area contributed by atoms with E-state index in [1.807, 2.05) is 24.3 Å². The molecule has 3 aromatic carbocycles. The van der Waals surface area contributed by atoms with E-state index in [4.69, 9.17) is 50.0 Å². The predicted octanol–water partition coefficient (Wildman–Crippen LogP) is 8.42. The fourth-order valence-corrected chi connectivity index (χ4v) is 6.56. The number of nitrogens with zero attached hydrogens (tertiary/aromatic N) is 1. The largest absolute Gasteiger partial charge is 0.440 e. The van der Waals surface area contributed by atoms with Crippen molar-refractivity contribution in [3.63, 3.8) is 0 Å². The molecule has 1 aliphatic heterocycles. The Bertz CT molecular complexity index is 1640. The minimum Gasteiger partial charge on any atom is -0.440 e. The van der Waals surface area contributed by atoms with Crippen LogP contribution < -0.4 is 15.2 Å². The third kappa shape index (κ3) is 4.65. The molecule has 1 aliphatic rings. The molecule has 0 amide bonds. The molecule has 0 saturated heterocycles. The van der Waals surface area contributed by atoms with Gasteiger partial charge in [0, 0.05) is 26.7 Å². The van der Waals surface area contributed by atoms with Crippen LogP contribution in [0.1, 0.15) is 52.0 Å². The molecule has 1 unspecified atom stereocenters. The van der Waals surface area contributed by atoms with Crippen molar-refractivity contribution in [2.24, 2.45) is 5.73 Å². The summed E-state index contributed by atoms with van der Waals surface area (Å²) in [5, 5.41) is 11.4. The van der Waals surface area contributed by atoms with E-state index in [1.165, 1.54) is 5.56 Å². The number of fused-ring (bicyclic) bond motifs is 2. The first-order valence-corrected chi connectivity index (χ1v) is 13.2. The minimum absolute atomic E-state index is 0.00971. The maximum absolute atomic E-state index is 13.0. The summed E-state index contributed by atoms with van der Waals surface area (Å²) in [6.07, 6.45) is 0. The van der Waals surface area contributed by atoms with Gasteiger partial charge in [0.1, 0.15) is 28.0 Å². The second-order valence-corrected chi connectivity index (χ2v) is 11.1. The van der Waals surface area contributed by atoms with E-state index in [0.717, 1.165) is 22.5 Å². The monoisotopic (exact) mass is 568 g/mol. The van der Waals surface area contributed by atoms with E-state index in [2.05, 4.69) is 19.9 Å². The van der Waals surface area contributed by atoms with Gasteiger partial charge in [-0.2, -0.15) is 5.26 Å². The van der Waals surface area contributed by atoms with Gasteiger partial charge in [0.05, 0.1) is 16.0 Å². The number of allylic oxidation sites excluding steroid dienone is 1. The molecule has 5 rings (SSSR count). The molecule has 37 heavy (non-hydrogen) atoms. The summed E-state index contributed by atoms with van der Waals surface area (Å²) in [5.41, 5.74) is 9.29. The molecule has 2 N–H and O–H groups in total. The standard InChI is InChI=1S/C28H19Cl3N2O3S/c1-13(2)14-3-5-15(6-4-14)23-18-8-7-17(11-21(18)36-27(33)19(23)12-32)35-28(34)26-25(31)24-20(30)9-16(29)10-22(24)37-26/h3-11,13,23H,33H2,1-2H3. The van der Waals surface area contributed by atoms with Gasteiger partial charge < -0.3 is 15.2 Å². The SMILES string of the molecule is CC(C)c1ccc(C2C(C#N)=C(N)Oc3cc(OC(=O)c4sc5cc(Cl)cc(Cl)c5c4Cl)ccc32)cc1. The van der Waals surface area contributed by atoms with Crippen molar-refractivity contribution in [2.75, 3.05) is 0 Å². The molecule has 0 radical (unpaired) electrons. The Balaban J connectivity index is 1.48. The second-order valence-electron chi connectivity index (χ2n) is 8.84. The first-order chi connectivity index (χ1) is 17.7. The average molecular weight is 570 g/mol. The number of hydrogen-bond acceptors (Lipinski definition) is 6. The molecule has 1 aromatic heterocycles. The highest BCUT2D eigenvalue weighted by atomic mass is 35.5. The van der Waals surface area contributed by atoms with Crippen molar-refractivity contribution in [1.29, 1.82) is 5.26 Å². The number of esters is 1. The fourth-order valence-electron chi connectivity index (χ4n) is 4.31. The number of nitrogens with two attached hydrogens (primary N) is 1. The molecule has 0 bridgehead atoms. The van der Waals surface area contributed by atoms with E-state index in [9.17, 15) is 10.1 Å². The topological polar surface area (TPSA) is 85.3 Å². The maximum atomic E-state index is 13.0. The number of ether oxygens (including phenoxy) is 2. The Kier molecular flexibility index (Phi) is 6.82. The number of carbonyl (C=O) groups is 1. The molecule has 0 fully saturated rings. The molecule has 186 valence electrons. The summed E-state index contributed by atoms with van der Waals surface area (Å²) < 4.78 is 12.1. The maximum Gasteiger partial charge on any atom is 0.355 e. The van der Waals surface area contributed by atoms with E-state index in [1.54, 1.807) is 30.3 Å². The number of benzene rings is 3. The molecule has 1 atom stereocenters. The Morgan fingerprint density at radius 3 is 2.51 bits per heavy atom. The lowest BCUT2D eigenvalue weighted by Gasteiger charge is -2.27. The highest BCUT2D eigenvalue weighted by Crippen LogP contribution is 2.45. The second kappa shape index (κ2) is 9.92. The molecule has 0 aliphatic carbocycles. The van der Waals surface area contributed by atoms with Crippen LogP contribution in [0.25, 0.3) is 10.1 Å². The number of carbonyl (C=O) groups excluding carboxylic acids is 1. The Labute approximate surface area is 232 Å². The van der Waals surface area contributed by atoms with Gasteiger partial charge in [0.2, 0.25) is 5.88 Å².